The van der Waals surface area contributed by atoms with Crippen molar-refractivity contribution >= 4 is 0 Å². The van der Waals surface area contributed by atoms with Crippen LogP contribution in [0.2, 0.25) is 0 Å². The molecular weight excluding hydrogens is 278 g/mol. The molecule has 1 aromatic carbocycles. The molecule has 0 unspecified atom stereocenters. The number of aromatic nitrogens is 2. The maximum atomic E-state index is 5.40. The average molecular weight is 301 g/mol. The highest BCUT2D eigenvalue weighted by atomic mass is 16.5. The molecule has 118 valence electrons. The Morgan fingerprint density at radius 2 is 1.77 bits per heavy atom. The van der Waals surface area contributed by atoms with Crippen LogP contribution in [0.1, 0.15) is 24.5 Å². The second-order valence-corrected chi connectivity index (χ2v) is 5.78. The van der Waals surface area contributed by atoms with E-state index < -0.39 is 0 Å². The molecule has 1 saturated heterocycles. The van der Waals surface area contributed by atoms with Crippen molar-refractivity contribution in [3.63, 3.8) is 0 Å². The molecule has 5 heteroatoms. The first-order chi connectivity index (χ1) is 10.7. The topological polar surface area (TPSA) is 39.5 Å². The summed E-state index contributed by atoms with van der Waals surface area (Å²) in [5.74, 6) is 2.02. The van der Waals surface area contributed by atoms with E-state index in [2.05, 4.69) is 23.1 Å². The van der Waals surface area contributed by atoms with Gasteiger partial charge in [-0.3, -0.25) is 0 Å². The summed E-state index contributed by atoms with van der Waals surface area (Å²) in [7, 11) is 5.49. The molecule has 1 aliphatic rings. The summed E-state index contributed by atoms with van der Waals surface area (Å²) in [5.41, 5.74) is 2.29. The summed E-state index contributed by atoms with van der Waals surface area (Å²) in [6.45, 7) is 2.28. The predicted octanol–water partition coefficient (Wildman–Crippen LogP) is 2.70. The highest BCUT2D eigenvalue weighted by Crippen LogP contribution is 2.32. The van der Waals surface area contributed by atoms with Crippen LogP contribution in [0.4, 0.5) is 0 Å². The third kappa shape index (κ3) is 2.81. The molecule has 1 fully saturated rings. The van der Waals surface area contributed by atoms with Crippen LogP contribution in [0.15, 0.2) is 30.5 Å². The Hall–Kier alpha value is -2.01. The number of likely N-dealkylation sites (tertiary alicyclic amines) is 1. The van der Waals surface area contributed by atoms with E-state index in [0.717, 1.165) is 30.3 Å². The summed E-state index contributed by atoms with van der Waals surface area (Å²) >= 11 is 0. The Balaban J connectivity index is 1.91. The van der Waals surface area contributed by atoms with Crippen LogP contribution in [0.5, 0.6) is 11.5 Å². The van der Waals surface area contributed by atoms with Gasteiger partial charge in [0.2, 0.25) is 0 Å². The van der Waals surface area contributed by atoms with Crippen LogP contribution in [-0.2, 0) is 0 Å². The van der Waals surface area contributed by atoms with Gasteiger partial charge in [-0.1, -0.05) is 0 Å². The second kappa shape index (κ2) is 6.40. The first-order valence-electron chi connectivity index (χ1n) is 7.68. The largest absolute Gasteiger partial charge is 0.493 e. The number of hydrogen-bond acceptors (Lipinski definition) is 4. The van der Waals surface area contributed by atoms with Gasteiger partial charge >= 0.3 is 0 Å². The first kappa shape index (κ1) is 14.9. The molecule has 22 heavy (non-hydrogen) atoms. The molecular formula is C17H23N3O2. The van der Waals surface area contributed by atoms with Gasteiger partial charge in [0.05, 0.1) is 19.9 Å². The van der Waals surface area contributed by atoms with Gasteiger partial charge in [-0.2, -0.15) is 5.10 Å². The number of methoxy groups -OCH3 is 2. The van der Waals surface area contributed by atoms with Crippen molar-refractivity contribution in [1.29, 1.82) is 0 Å². The molecule has 1 aliphatic heterocycles. The van der Waals surface area contributed by atoms with E-state index >= 15 is 0 Å². The first-order valence-corrected chi connectivity index (χ1v) is 7.68. The molecule has 0 atom stereocenters. The van der Waals surface area contributed by atoms with Crippen LogP contribution in [0, 0.1) is 0 Å². The molecule has 0 spiro atoms. The van der Waals surface area contributed by atoms with Crippen molar-refractivity contribution in [1.82, 2.24) is 14.7 Å². The Morgan fingerprint density at radius 3 is 2.45 bits per heavy atom. The smallest absolute Gasteiger partial charge is 0.162 e. The average Bonchev–Trinajstić information content (AvgIpc) is 3.04. The zero-order valence-corrected chi connectivity index (χ0v) is 13.5. The number of ether oxygens (including phenoxy) is 2. The quantitative estimate of drug-likeness (QED) is 0.870. The minimum absolute atomic E-state index is 0.562. The second-order valence-electron chi connectivity index (χ2n) is 5.78. The zero-order chi connectivity index (χ0) is 15.5. The minimum Gasteiger partial charge on any atom is -0.493 e. The summed E-state index contributed by atoms with van der Waals surface area (Å²) in [6, 6.07) is 8.05. The Morgan fingerprint density at radius 1 is 1.05 bits per heavy atom. The van der Waals surface area contributed by atoms with Crippen LogP contribution in [0.3, 0.4) is 0 Å². The highest BCUT2D eigenvalue weighted by molar-refractivity contribution is 5.49. The molecule has 0 amide bonds. The number of piperidine rings is 1. The molecule has 5 nitrogen and oxygen atoms in total. The van der Waals surface area contributed by atoms with Crippen molar-refractivity contribution in [2.75, 3.05) is 34.4 Å². The normalized spacial score (nSPS) is 16.7. The summed E-state index contributed by atoms with van der Waals surface area (Å²) in [4.78, 5) is 2.38. The maximum Gasteiger partial charge on any atom is 0.162 e. The van der Waals surface area contributed by atoms with Gasteiger partial charge in [0.1, 0.15) is 0 Å². The highest BCUT2D eigenvalue weighted by Gasteiger charge is 2.22. The molecule has 0 saturated carbocycles. The van der Waals surface area contributed by atoms with Crippen molar-refractivity contribution in [3.05, 3.63) is 36.2 Å². The van der Waals surface area contributed by atoms with Crippen molar-refractivity contribution in [2.45, 2.75) is 18.8 Å². The van der Waals surface area contributed by atoms with Crippen LogP contribution in [-0.4, -0.2) is 49.0 Å². The maximum absolute atomic E-state index is 5.40. The van der Waals surface area contributed by atoms with Gasteiger partial charge < -0.3 is 14.4 Å². The molecule has 0 bridgehead atoms. The Kier molecular flexibility index (Phi) is 4.34. The molecule has 2 aromatic rings. The van der Waals surface area contributed by atoms with Gasteiger partial charge in [-0.05, 0) is 51.2 Å². The fourth-order valence-electron chi connectivity index (χ4n) is 3.10. The van der Waals surface area contributed by atoms with Crippen LogP contribution < -0.4 is 9.47 Å². The van der Waals surface area contributed by atoms with Gasteiger partial charge in [0, 0.05) is 23.9 Å². The fraction of sp³-hybridized carbons (Fsp3) is 0.471. The van der Waals surface area contributed by atoms with E-state index in [-0.39, 0.29) is 0 Å². The summed E-state index contributed by atoms with van der Waals surface area (Å²) in [6.07, 6.45) is 4.23. The van der Waals surface area contributed by atoms with E-state index in [1.54, 1.807) is 14.2 Å². The van der Waals surface area contributed by atoms with Crippen LogP contribution >= 0.6 is 0 Å². The van der Waals surface area contributed by atoms with Crippen molar-refractivity contribution < 1.29 is 9.47 Å². The monoisotopic (exact) mass is 301 g/mol. The van der Waals surface area contributed by atoms with Gasteiger partial charge in [-0.25, -0.2) is 4.68 Å². The lowest BCUT2D eigenvalue weighted by molar-refractivity contribution is 0.252. The third-order valence-corrected chi connectivity index (χ3v) is 4.42. The van der Waals surface area contributed by atoms with E-state index in [4.69, 9.17) is 9.47 Å². The van der Waals surface area contributed by atoms with E-state index in [0.29, 0.717) is 5.92 Å². The number of rotatable bonds is 4. The molecule has 1 aromatic heterocycles. The standard InChI is InChI=1S/C17H23N3O2/c1-19-10-7-13(8-11-19)15-6-9-18-20(15)14-4-5-16(21-2)17(12-14)22-3/h4-6,9,12-13H,7-8,10-11H2,1-3H3. The Bertz CT molecular complexity index is 631. The third-order valence-electron chi connectivity index (χ3n) is 4.42. The molecule has 0 aliphatic carbocycles. The summed E-state index contributed by atoms with van der Waals surface area (Å²) in [5, 5.41) is 4.52. The predicted molar refractivity (Wildman–Crippen MR) is 86.1 cm³/mol. The van der Waals surface area contributed by atoms with Gasteiger partial charge in [0.15, 0.2) is 11.5 Å². The zero-order valence-electron chi connectivity index (χ0n) is 13.5. The van der Waals surface area contributed by atoms with Crippen molar-refractivity contribution in [3.8, 4) is 17.2 Å². The van der Waals surface area contributed by atoms with Crippen molar-refractivity contribution in [2.24, 2.45) is 0 Å². The summed E-state index contributed by atoms with van der Waals surface area (Å²) < 4.78 is 12.7. The van der Waals surface area contributed by atoms with E-state index in [1.807, 2.05) is 29.1 Å². The van der Waals surface area contributed by atoms with Crippen LogP contribution in [0.25, 0.3) is 5.69 Å². The molecule has 3 rings (SSSR count). The van der Waals surface area contributed by atoms with Gasteiger partial charge in [-0.15, -0.1) is 0 Å². The molecule has 0 radical (unpaired) electrons. The Labute approximate surface area is 131 Å². The lowest BCUT2D eigenvalue weighted by atomic mass is 9.93. The molecule has 0 N–H and O–H groups in total. The lowest BCUT2D eigenvalue weighted by Crippen LogP contribution is -2.30. The SMILES string of the molecule is COc1ccc(-n2nccc2C2CCN(C)CC2)cc1OC. The number of hydrogen-bond donors (Lipinski definition) is 0. The number of nitrogens with zero attached hydrogens (tertiary/aromatic N) is 3. The fourth-order valence-corrected chi connectivity index (χ4v) is 3.10. The van der Waals surface area contributed by atoms with Gasteiger partial charge in [0.25, 0.3) is 0 Å². The lowest BCUT2D eigenvalue weighted by Gasteiger charge is -2.29. The molecule has 2 heterocycles. The van der Waals surface area contributed by atoms with E-state index in [1.165, 1.54) is 18.5 Å². The number of benzene rings is 1. The minimum atomic E-state index is 0.562. The van der Waals surface area contributed by atoms with E-state index in [9.17, 15) is 0 Å².